The second kappa shape index (κ2) is 6.58. The van der Waals surface area contributed by atoms with Crippen molar-refractivity contribution < 1.29 is 19.4 Å². The lowest BCUT2D eigenvalue weighted by Gasteiger charge is -2.22. The zero-order valence-electron chi connectivity index (χ0n) is 14.9. The van der Waals surface area contributed by atoms with Crippen LogP contribution >= 0.6 is 0 Å². The average Bonchev–Trinajstić information content (AvgIpc) is 3.41. The smallest absolute Gasteiger partial charge is 0.407 e. The maximum Gasteiger partial charge on any atom is 0.407 e. The van der Waals surface area contributed by atoms with Crippen LogP contribution in [0, 0.1) is 5.41 Å². The minimum absolute atomic E-state index is 0.0549. The number of amides is 1. The van der Waals surface area contributed by atoms with Gasteiger partial charge in [-0.1, -0.05) is 54.6 Å². The van der Waals surface area contributed by atoms with E-state index in [1.165, 1.54) is 0 Å². The monoisotopic (exact) mass is 363 g/mol. The highest BCUT2D eigenvalue weighted by molar-refractivity contribution is 5.82. The normalized spacial score (nSPS) is 17.3. The first kappa shape index (κ1) is 17.3. The SMILES string of the molecule is C=CC1([C@H](NC(=O)OCC2c3ccccc3-c3ccccc32)C(=O)O)CC1. The molecule has 0 radical (unpaired) electrons. The molecule has 1 amide bonds. The average molecular weight is 363 g/mol. The standard InChI is InChI=1S/C22H21NO4/c1-2-22(11-12-22)19(20(24)25)23-21(26)27-13-18-16-9-5-3-7-14(16)15-8-4-6-10-17(15)18/h2-10,18-19H,1,11-13H2,(H,23,26)(H,24,25)/t19-/m1/s1. The molecule has 0 saturated heterocycles. The summed E-state index contributed by atoms with van der Waals surface area (Å²) in [5.41, 5.74) is 3.97. The Morgan fingerprint density at radius 1 is 1.15 bits per heavy atom. The second-order valence-electron chi connectivity index (χ2n) is 7.18. The number of fused-ring (bicyclic) bond motifs is 3. The topological polar surface area (TPSA) is 75.6 Å². The summed E-state index contributed by atoms with van der Waals surface area (Å²) in [6.45, 7) is 3.87. The molecule has 2 aliphatic carbocycles. The molecule has 2 aromatic carbocycles. The van der Waals surface area contributed by atoms with Crippen molar-refractivity contribution in [2.45, 2.75) is 24.8 Å². The molecular weight excluding hydrogens is 342 g/mol. The molecule has 4 rings (SSSR count). The van der Waals surface area contributed by atoms with Crippen molar-refractivity contribution in [3.05, 3.63) is 72.3 Å². The molecular formula is C22H21NO4. The third-order valence-electron chi connectivity index (χ3n) is 5.66. The molecule has 5 heteroatoms. The summed E-state index contributed by atoms with van der Waals surface area (Å²) in [6.07, 6.45) is 2.32. The quantitative estimate of drug-likeness (QED) is 0.762. The van der Waals surface area contributed by atoms with Gasteiger partial charge >= 0.3 is 12.1 Å². The Morgan fingerprint density at radius 3 is 2.19 bits per heavy atom. The molecule has 1 saturated carbocycles. The van der Waals surface area contributed by atoms with Crippen LogP contribution in [0.15, 0.2) is 61.2 Å². The fraction of sp³-hybridized carbons (Fsp3) is 0.273. The number of benzene rings is 2. The zero-order valence-corrected chi connectivity index (χ0v) is 14.9. The molecule has 2 aromatic rings. The summed E-state index contributed by atoms with van der Waals surface area (Å²) in [6, 6.07) is 15.1. The molecule has 0 aliphatic heterocycles. The Hall–Kier alpha value is -3.08. The van der Waals surface area contributed by atoms with Gasteiger partial charge in [0, 0.05) is 11.3 Å². The van der Waals surface area contributed by atoms with Gasteiger partial charge in [-0.3, -0.25) is 0 Å². The number of alkyl carbamates (subject to hydrolysis) is 1. The largest absolute Gasteiger partial charge is 0.480 e. The molecule has 0 heterocycles. The highest BCUT2D eigenvalue weighted by Crippen LogP contribution is 2.50. The summed E-state index contributed by atoms with van der Waals surface area (Å²) in [4.78, 5) is 23.8. The predicted molar refractivity (Wildman–Crippen MR) is 101 cm³/mol. The Morgan fingerprint density at radius 2 is 1.70 bits per heavy atom. The Balaban J connectivity index is 1.48. The van der Waals surface area contributed by atoms with E-state index in [1.54, 1.807) is 6.08 Å². The first-order chi connectivity index (χ1) is 13.1. The number of ether oxygens (including phenoxy) is 1. The van der Waals surface area contributed by atoms with E-state index in [9.17, 15) is 14.7 Å². The summed E-state index contributed by atoms with van der Waals surface area (Å²) in [5.74, 6) is -1.12. The maximum absolute atomic E-state index is 12.3. The van der Waals surface area contributed by atoms with Crippen LogP contribution in [0.2, 0.25) is 0 Å². The molecule has 0 bridgehead atoms. The minimum Gasteiger partial charge on any atom is -0.480 e. The lowest BCUT2D eigenvalue weighted by molar-refractivity contribution is -0.140. The van der Waals surface area contributed by atoms with Gasteiger partial charge in [0.05, 0.1) is 0 Å². The van der Waals surface area contributed by atoms with E-state index >= 15 is 0 Å². The molecule has 27 heavy (non-hydrogen) atoms. The van der Waals surface area contributed by atoms with E-state index in [4.69, 9.17) is 4.74 Å². The van der Waals surface area contributed by atoms with Crippen LogP contribution in [-0.2, 0) is 9.53 Å². The number of aliphatic carboxylic acids is 1. The van der Waals surface area contributed by atoms with Gasteiger partial charge in [0.15, 0.2) is 0 Å². The van der Waals surface area contributed by atoms with Crippen LogP contribution in [0.3, 0.4) is 0 Å². The van der Waals surface area contributed by atoms with Crippen molar-refractivity contribution in [2.75, 3.05) is 6.61 Å². The third kappa shape index (κ3) is 2.99. The van der Waals surface area contributed by atoms with Gasteiger partial charge in [0.2, 0.25) is 0 Å². The van der Waals surface area contributed by atoms with Crippen molar-refractivity contribution in [3.8, 4) is 11.1 Å². The van der Waals surface area contributed by atoms with Crippen LogP contribution in [0.5, 0.6) is 0 Å². The number of rotatable bonds is 6. The second-order valence-corrected chi connectivity index (χ2v) is 7.18. The molecule has 138 valence electrons. The molecule has 0 aromatic heterocycles. The van der Waals surface area contributed by atoms with Crippen molar-refractivity contribution in [2.24, 2.45) is 5.41 Å². The van der Waals surface area contributed by atoms with Crippen LogP contribution < -0.4 is 5.32 Å². The molecule has 2 N–H and O–H groups in total. The van der Waals surface area contributed by atoms with Gasteiger partial charge in [-0.25, -0.2) is 9.59 Å². The molecule has 0 spiro atoms. The van der Waals surface area contributed by atoms with Gasteiger partial charge < -0.3 is 15.2 Å². The number of nitrogens with one attached hydrogen (secondary N) is 1. The summed E-state index contributed by atoms with van der Waals surface area (Å²) < 4.78 is 5.44. The van der Waals surface area contributed by atoms with Crippen LogP contribution in [0.4, 0.5) is 4.79 Å². The number of carbonyl (C=O) groups excluding carboxylic acids is 1. The first-order valence-corrected chi connectivity index (χ1v) is 9.04. The summed E-state index contributed by atoms with van der Waals surface area (Å²) >= 11 is 0. The molecule has 5 nitrogen and oxygen atoms in total. The lowest BCUT2D eigenvalue weighted by Crippen LogP contribution is -2.46. The summed E-state index contributed by atoms with van der Waals surface area (Å²) in [7, 11) is 0. The Kier molecular flexibility index (Phi) is 4.22. The van der Waals surface area contributed by atoms with E-state index in [-0.39, 0.29) is 12.5 Å². The van der Waals surface area contributed by atoms with E-state index in [0.717, 1.165) is 22.3 Å². The van der Waals surface area contributed by atoms with E-state index in [1.807, 2.05) is 36.4 Å². The van der Waals surface area contributed by atoms with E-state index in [0.29, 0.717) is 12.8 Å². The lowest BCUT2D eigenvalue weighted by atomic mass is 9.97. The van der Waals surface area contributed by atoms with E-state index < -0.39 is 23.5 Å². The Labute approximate surface area is 157 Å². The first-order valence-electron chi connectivity index (χ1n) is 9.04. The number of hydrogen-bond donors (Lipinski definition) is 2. The summed E-state index contributed by atoms with van der Waals surface area (Å²) in [5, 5.41) is 12.0. The van der Waals surface area contributed by atoms with Crippen molar-refractivity contribution in [1.82, 2.24) is 5.32 Å². The number of carbonyl (C=O) groups is 2. The number of hydrogen-bond acceptors (Lipinski definition) is 3. The molecule has 2 aliphatic rings. The number of carboxylic acid groups (broad SMARTS) is 1. The number of carboxylic acids is 1. The minimum atomic E-state index is -1.07. The van der Waals surface area contributed by atoms with E-state index in [2.05, 4.69) is 24.0 Å². The van der Waals surface area contributed by atoms with Crippen molar-refractivity contribution >= 4 is 12.1 Å². The zero-order chi connectivity index (χ0) is 19.0. The van der Waals surface area contributed by atoms with Gasteiger partial charge in [0.1, 0.15) is 12.6 Å². The van der Waals surface area contributed by atoms with Crippen molar-refractivity contribution in [3.63, 3.8) is 0 Å². The molecule has 0 unspecified atom stereocenters. The van der Waals surface area contributed by atoms with Crippen LogP contribution in [0.1, 0.15) is 29.9 Å². The third-order valence-corrected chi connectivity index (χ3v) is 5.66. The highest BCUT2D eigenvalue weighted by atomic mass is 16.5. The fourth-order valence-corrected chi connectivity index (χ4v) is 3.96. The predicted octanol–water partition coefficient (Wildman–Crippen LogP) is 3.94. The van der Waals surface area contributed by atoms with Gasteiger partial charge in [0.25, 0.3) is 0 Å². The van der Waals surface area contributed by atoms with Gasteiger partial charge in [-0.2, -0.15) is 0 Å². The fourth-order valence-electron chi connectivity index (χ4n) is 3.96. The van der Waals surface area contributed by atoms with Gasteiger partial charge in [-0.05, 0) is 35.1 Å². The van der Waals surface area contributed by atoms with Crippen LogP contribution in [0.25, 0.3) is 11.1 Å². The highest BCUT2D eigenvalue weighted by Gasteiger charge is 2.51. The Bertz CT molecular complexity index is 871. The van der Waals surface area contributed by atoms with Gasteiger partial charge in [-0.15, -0.1) is 6.58 Å². The molecule has 1 atom stereocenters. The maximum atomic E-state index is 12.3. The molecule has 1 fully saturated rings. The van der Waals surface area contributed by atoms with Crippen LogP contribution in [-0.4, -0.2) is 29.8 Å². The van der Waals surface area contributed by atoms with Crippen molar-refractivity contribution in [1.29, 1.82) is 0 Å².